The van der Waals surface area contributed by atoms with Crippen molar-refractivity contribution in [1.82, 2.24) is 5.32 Å². The van der Waals surface area contributed by atoms with Crippen LogP contribution in [0.3, 0.4) is 0 Å². The molecule has 1 aromatic carbocycles. The summed E-state index contributed by atoms with van der Waals surface area (Å²) >= 11 is 6.07. The number of halogens is 1. The van der Waals surface area contributed by atoms with Crippen LogP contribution in [0.5, 0.6) is 11.5 Å². The highest BCUT2D eigenvalue weighted by Crippen LogP contribution is 2.38. The lowest BCUT2D eigenvalue weighted by atomic mass is 10.1. The van der Waals surface area contributed by atoms with Crippen LogP contribution in [0.15, 0.2) is 12.1 Å². The molecule has 1 heterocycles. The fraction of sp³-hybridized carbons (Fsp3) is 0.462. The van der Waals surface area contributed by atoms with E-state index in [2.05, 4.69) is 5.32 Å². The second-order valence-corrected chi connectivity index (χ2v) is 6.33. The lowest BCUT2D eigenvalue weighted by Crippen LogP contribution is -2.26. The van der Waals surface area contributed by atoms with Crippen LogP contribution in [0.25, 0.3) is 0 Å². The average Bonchev–Trinajstić information content (AvgIpc) is 2.43. The average molecular weight is 318 g/mol. The number of carbonyl (C=O) groups excluding carboxylic acids is 1. The van der Waals surface area contributed by atoms with Gasteiger partial charge in [-0.15, -0.1) is 0 Å². The Morgan fingerprint density at radius 3 is 2.90 bits per heavy atom. The number of hydrogen-bond donors (Lipinski definition) is 1. The zero-order chi connectivity index (χ0) is 14.5. The molecule has 0 aromatic heterocycles. The van der Waals surface area contributed by atoms with Gasteiger partial charge in [0.2, 0.25) is 0 Å². The topological polar surface area (TPSA) is 64.6 Å². The summed E-state index contributed by atoms with van der Waals surface area (Å²) in [6.07, 6.45) is 2.32. The summed E-state index contributed by atoms with van der Waals surface area (Å²) in [4.78, 5) is 12.0. The number of amides is 1. The van der Waals surface area contributed by atoms with E-state index in [-0.39, 0.29) is 5.91 Å². The SMILES string of the molecule is C[S@](=O)CCCNC(=O)c1cc(Cl)c2c(c1)OCCO2. The molecule has 110 valence electrons. The van der Waals surface area contributed by atoms with Crippen LogP contribution >= 0.6 is 11.6 Å². The maximum atomic E-state index is 12.0. The fourth-order valence-corrected chi connectivity index (χ4v) is 2.64. The first kappa shape index (κ1) is 15.1. The summed E-state index contributed by atoms with van der Waals surface area (Å²) in [6, 6.07) is 3.18. The molecule has 1 aliphatic heterocycles. The number of benzene rings is 1. The molecule has 0 fully saturated rings. The molecule has 0 aliphatic carbocycles. The second kappa shape index (κ2) is 6.95. The molecule has 5 nitrogen and oxygen atoms in total. The highest BCUT2D eigenvalue weighted by atomic mass is 35.5. The normalized spacial score (nSPS) is 14.7. The standard InChI is InChI=1S/C13H16ClNO4S/c1-20(17)6-2-3-15-13(16)9-7-10(14)12-11(8-9)18-4-5-19-12/h7-8H,2-6H2,1H3,(H,15,16)/t20-/m0/s1. The van der Waals surface area contributed by atoms with Gasteiger partial charge in [0.25, 0.3) is 5.91 Å². The van der Waals surface area contributed by atoms with Crippen LogP contribution in [0.2, 0.25) is 5.02 Å². The second-order valence-electron chi connectivity index (χ2n) is 4.37. The van der Waals surface area contributed by atoms with Crippen molar-refractivity contribution in [1.29, 1.82) is 0 Å². The molecule has 0 saturated carbocycles. The van der Waals surface area contributed by atoms with Crippen molar-refractivity contribution in [3.63, 3.8) is 0 Å². The lowest BCUT2D eigenvalue weighted by molar-refractivity contribution is 0.0952. The molecule has 7 heteroatoms. The Morgan fingerprint density at radius 1 is 1.40 bits per heavy atom. The Labute approximate surface area is 125 Å². The number of hydrogen-bond acceptors (Lipinski definition) is 4. The minimum absolute atomic E-state index is 0.231. The molecule has 20 heavy (non-hydrogen) atoms. The van der Waals surface area contributed by atoms with E-state index >= 15 is 0 Å². The third-order valence-electron chi connectivity index (χ3n) is 2.75. The number of ether oxygens (including phenoxy) is 2. The van der Waals surface area contributed by atoms with Crippen molar-refractivity contribution in [2.45, 2.75) is 6.42 Å². The van der Waals surface area contributed by atoms with Gasteiger partial charge in [-0.3, -0.25) is 9.00 Å². The third kappa shape index (κ3) is 3.86. The third-order valence-corrected chi connectivity index (χ3v) is 3.90. The molecule has 0 saturated heterocycles. The van der Waals surface area contributed by atoms with E-state index in [9.17, 15) is 9.00 Å². The van der Waals surface area contributed by atoms with Gasteiger partial charge in [-0.2, -0.15) is 0 Å². The largest absolute Gasteiger partial charge is 0.486 e. The van der Waals surface area contributed by atoms with E-state index in [1.807, 2.05) is 0 Å². The van der Waals surface area contributed by atoms with Crippen molar-refractivity contribution in [3.8, 4) is 11.5 Å². The summed E-state index contributed by atoms with van der Waals surface area (Å²) in [5, 5.41) is 3.12. The van der Waals surface area contributed by atoms with E-state index in [1.165, 1.54) is 0 Å². The van der Waals surface area contributed by atoms with Gasteiger partial charge in [0, 0.05) is 34.9 Å². The Bertz CT molecular complexity index is 535. The van der Waals surface area contributed by atoms with Gasteiger partial charge in [0.1, 0.15) is 13.2 Å². The predicted octanol–water partition coefficient (Wildman–Crippen LogP) is 1.61. The van der Waals surface area contributed by atoms with Crippen LogP contribution in [0, 0.1) is 0 Å². The van der Waals surface area contributed by atoms with Crippen molar-refractivity contribution in [2.24, 2.45) is 0 Å². The molecule has 1 N–H and O–H groups in total. The predicted molar refractivity (Wildman–Crippen MR) is 78.3 cm³/mol. The molecular weight excluding hydrogens is 302 g/mol. The minimum atomic E-state index is -0.839. The van der Waals surface area contributed by atoms with E-state index in [1.54, 1.807) is 18.4 Å². The Balaban J connectivity index is 1.99. The van der Waals surface area contributed by atoms with Crippen molar-refractivity contribution in [3.05, 3.63) is 22.7 Å². The molecule has 1 amide bonds. The fourth-order valence-electron chi connectivity index (χ4n) is 1.82. The molecular formula is C13H16ClNO4S. The molecule has 0 unspecified atom stereocenters. The van der Waals surface area contributed by atoms with Crippen LogP contribution < -0.4 is 14.8 Å². The van der Waals surface area contributed by atoms with E-state index in [0.29, 0.717) is 54.0 Å². The first-order chi connectivity index (χ1) is 9.58. The summed E-state index contributed by atoms with van der Waals surface area (Å²) < 4.78 is 21.7. The van der Waals surface area contributed by atoms with Gasteiger partial charge in [0.15, 0.2) is 11.5 Å². The minimum Gasteiger partial charge on any atom is -0.486 e. The first-order valence-corrected chi connectivity index (χ1v) is 8.36. The molecule has 1 aromatic rings. The van der Waals surface area contributed by atoms with Gasteiger partial charge in [0.05, 0.1) is 5.02 Å². The summed E-state index contributed by atoms with van der Waals surface area (Å²) in [7, 11) is -0.839. The quantitative estimate of drug-likeness (QED) is 0.838. The smallest absolute Gasteiger partial charge is 0.251 e. The van der Waals surface area contributed by atoms with Gasteiger partial charge in [-0.25, -0.2) is 0 Å². The monoisotopic (exact) mass is 317 g/mol. The first-order valence-electron chi connectivity index (χ1n) is 6.25. The van der Waals surface area contributed by atoms with Crippen LogP contribution in [0.4, 0.5) is 0 Å². The summed E-state index contributed by atoms with van der Waals surface area (Å²) in [5.74, 6) is 1.31. The van der Waals surface area contributed by atoms with Gasteiger partial charge >= 0.3 is 0 Å². The van der Waals surface area contributed by atoms with Crippen molar-refractivity contribution < 1.29 is 18.5 Å². The molecule has 0 spiro atoms. The maximum Gasteiger partial charge on any atom is 0.251 e. The number of nitrogens with one attached hydrogen (secondary N) is 1. The molecule has 1 atom stereocenters. The Morgan fingerprint density at radius 2 is 2.15 bits per heavy atom. The van der Waals surface area contributed by atoms with Gasteiger partial charge in [-0.1, -0.05) is 11.6 Å². The van der Waals surface area contributed by atoms with Crippen molar-refractivity contribution in [2.75, 3.05) is 31.8 Å². The number of carbonyl (C=O) groups is 1. The van der Waals surface area contributed by atoms with Gasteiger partial charge < -0.3 is 14.8 Å². The lowest BCUT2D eigenvalue weighted by Gasteiger charge is -2.20. The highest BCUT2D eigenvalue weighted by molar-refractivity contribution is 7.84. The molecule has 1 aliphatic rings. The summed E-state index contributed by atoms with van der Waals surface area (Å²) in [6.45, 7) is 1.37. The Hall–Kier alpha value is -1.27. The zero-order valence-electron chi connectivity index (χ0n) is 11.1. The number of rotatable bonds is 5. The van der Waals surface area contributed by atoms with E-state index in [4.69, 9.17) is 21.1 Å². The zero-order valence-corrected chi connectivity index (χ0v) is 12.7. The van der Waals surface area contributed by atoms with Crippen LogP contribution in [0.1, 0.15) is 16.8 Å². The molecule has 0 bridgehead atoms. The molecule has 2 rings (SSSR count). The van der Waals surface area contributed by atoms with Gasteiger partial charge in [-0.05, 0) is 18.6 Å². The highest BCUT2D eigenvalue weighted by Gasteiger charge is 2.19. The maximum absolute atomic E-state index is 12.0. The van der Waals surface area contributed by atoms with Crippen LogP contribution in [-0.4, -0.2) is 41.9 Å². The van der Waals surface area contributed by atoms with E-state index in [0.717, 1.165) is 0 Å². The van der Waals surface area contributed by atoms with E-state index < -0.39 is 10.8 Å². The Kier molecular flexibility index (Phi) is 5.25. The van der Waals surface area contributed by atoms with Crippen molar-refractivity contribution >= 4 is 28.3 Å². The summed E-state index contributed by atoms with van der Waals surface area (Å²) in [5.41, 5.74) is 0.428. The number of fused-ring (bicyclic) bond motifs is 1. The molecule has 0 radical (unpaired) electrons. The van der Waals surface area contributed by atoms with Crippen LogP contribution in [-0.2, 0) is 10.8 Å².